The number of hydrogen-bond donors (Lipinski definition) is 0. The molecule has 0 saturated heterocycles. The summed E-state index contributed by atoms with van der Waals surface area (Å²) < 4.78 is 5.47. The van der Waals surface area contributed by atoms with E-state index in [1.165, 1.54) is 16.7 Å². The fourth-order valence-electron chi connectivity index (χ4n) is 2.84. The van der Waals surface area contributed by atoms with Crippen molar-refractivity contribution in [3.63, 3.8) is 0 Å². The molecule has 0 atom stereocenters. The molecule has 2 amide bonds. The van der Waals surface area contributed by atoms with Gasteiger partial charge in [-0.3, -0.25) is 19.5 Å². The van der Waals surface area contributed by atoms with Gasteiger partial charge >= 0.3 is 0 Å². The molecule has 0 radical (unpaired) electrons. The molecule has 2 aromatic rings. The van der Waals surface area contributed by atoms with Crippen LogP contribution in [0.5, 0.6) is 5.75 Å². The molecule has 5 nitrogen and oxygen atoms in total. The second-order valence-electron chi connectivity index (χ2n) is 6.35. The Kier molecular flexibility index (Phi) is 5.96. The molecular weight excluding hydrogens is 360 g/mol. The summed E-state index contributed by atoms with van der Waals surface area (Å²) in [7, 11) is 0. The van der Waals surface area contributed by atoms with E-state index in [0.717, 1.165) is 11.3 Å². The number of pyridine rings is 1. The number of aromatic nitrogens is 1. The highest BCUT2D eigenvalue weighted by Gasteiger charge is 2.39. The number of carbonyl (C=O) groups excluding carboxylic acids is 2. The third-order valence-electron chi connectivity index (χ3n) is 3.98. The Hall–Kier alpha value is -2.60. The van der Waals surface area contributed by atoms with Gasteiger partial charge in [0.15, 0.2) is 0 Å². The lowest BCUT2D eigenvalue weighted by Gasteiger charge is -2.14. The number of carbonyl (C=O) groups is 2. The molecule has 27 heavy (non-hydrogen) atoms. The van der Waals surface area contributed by atoms with E-state index in [2.05, 4.69) is 4.98 Å². The number of nitrogens with zero attached hydrogens (tertiary/aromatic N) is 2. The second-order valence-corrected chi connectivity index (χ2v) is 7.93. The quantitative estimate of drug-likeness (QED) is 0.680. The maximum atomic E-state index is 13.1. The van der Waals surface area contributed by atoms with Gasteiger partial charge in [0.25, 0.3) is 11.8 Å². The van der Waals surface area contributed by atoms with E-state index in [9.17, 15) is 9.59 Å². The van der Waals surface area contributed by atoms with E-state index in [4.69, 9.17) is 4.74 Å². The molecule has 6 heteroatoms. The van der Waals surface area contributed by atoms with Crippen molar-refractivity contribution in [2.45, 2.75) is 32.6 Å². The Labute approximate surface area is 163 Å². The molecule has 1 aromatic heterocycles. The number of rotatable bonds is 7. The zero-order chi connectivity index (χ0) is 19.4. The Morgan fingerprint density at radius 3 is 2.41 bits per heavy atom. The molecule has 0 saturated carbocycles. The van der Waals surface area contributed by atoms with Crippen molar-refractivity contribution in [2.24, 2.45) is 0 Å². The lowest BCUT2D eigenvalue weighted by molar-refractivity contribution is -0.137. The van der Waals surface area contributed by atoms with Crippen LogP contribution in [0.25, 0.3) is 5.57 Å². The molecule has 2 heterocycles. The fraction of sp³-hybridized carbons (Fsp3) is 0.286. The summed E-state index contributed by atoms with van der Waals surface area (Å²) in [6.45, 7) is 6.68. The molecule has 0 fully saturated rings. The standard InChI is InChI=1S/C21H22N2O3S/c1-4-26-17-10-8-15(9-11-17)18-19(27-14(2)3)21(25)23(20(18)24)13-16-7-5-6-12-22-16/h5-12,14H,4,13H2,1-3H3. The highest BCUT2D eigenvalue weighted by atomic mass is 32.2. The Morgan fingerprint density at radius 1 is 1.07 bits per heavy atom. The van der Waals surface area contributed by atoms with Gasteiger partial charge in [0.2, 0.25) is 0 Å². The monoisotopic (exact) mass is 382 g/mol. The van der Waals surface area contributed by atoms with E-state index in [1.807, 2.05) is 57.2 Å². The minimum absolute atomic E-state index is 0.168. The SMILES string of the molecule is CCOc1ccc(C2=C(SC(C)C)C(=O)N(Cc3ccccn3)C2=O)cc1. The van der Waals surface area contributed by atoms with Crippen LogP contribution < -0.4 is 4.74 Å². The summed E-state index contributed by atoms with van der Waals surface area (Å²) >= 11 is 1.42. The van der Waals surface area contributed by atoms with Gasteiger partial charge in [0.1, 0.15) is 5.75 Å². The van der Waals surface area contributed by atoms with Crippen LogP contribution in [0.2, 0.25) is 0 Å². The minimum atomic E-state index is -0.280. The molecule has 1 aliphatic heterocycles. The smallest absolute Gasteiger partial charge is 0.268 e. The topological polar surface area (TPSA) is 59.5 Å². The first-order chi connectivity index (χ1) is 13.0. The Bertz CT molecular complexity index is 861. The average molecular weight is 382 g/mol. The molecule has 0 aliphatic carbocycles. The maximum absolute atomic E-state index is 13.1. The highest BCUT2D eigenvalue weighted by molar-refractivity contribution is 8.04. The van der Waals surface area contributed by atoms with Crippen molar-refractivity contribution in [1.29, 1.82) is 0 Å². The van der Waals surface area contributed by atoms with Gasteiger partial charge in [-0.25, -0.2) is 0 Å². The number of amides is 2. The van der Waals surface area contributed by atoms with Crippen molar-refractivity contribution in [3.05, 3.63) is 64.8 Å². The van der Waals surface area contributed by atoms with Crippen LogP contribution in [0, 0.1) is 0 Å². The zero-order valence-corrected chi connectivity index (χ0v) is 16.5. The van der Waals surface area contributed by atoms with Gasteiger partial charge in [-0.15, -0.1) is 11.8 Å². The predicted octanol–water partition coefficient (Wildman–Crippen LogP) is 3.90. The van der Waals surface area contributed by atoms with Gasteiger partial charge in [-0.2, -0.15) is 0 Å². The van der Waals surface area contributed by atoms with Crippen molar-refractivity contribution in [2.75, 3.05) is 6.61 Å². The van der Waals surface area contributed by atoms with Crippen LogP contribution in [0.4, 0.5) is 0 Å². The number of benzene rings is 1. The normalized spacial score (nSPS) is 14.4. The van der Waals surface area contributed by atoms with Crippen LogP contribution in [0.15, 0.2) is 53.6 Å². The van der Waals surface area contributed by atoms with E-state index in [1.54, 1.807) is 12.3 Å². The lowest BCUT2D eigenvalue weighted by atomic mass is 10.1. The summed E-state index contributed by atoms with van der Waals surface area (Å²) in [5, 5.41) is 0.184. The van der Waals surface area contributed by atoms with Crippen molar-refractivity contribution in [1.82, 2.24) is 9.88 Å². The van der Waals surface area contributed by atoms with Crippen LogP contribution in [-0.4, -0.2) is 33.6 Å². The minimum Gasteiger partial charge on any atom is -0.494 e. The van der Waals surface area contributed by atoms with E-state index < -0.39 is 0 Å². The molecular formula is C21H22N2O3S. The van der Waals surface area contributed by atoms with E-state index >= 15 is 0 Å². The molecule has 1 aromatic carbocycles. The van der Waals surface area contributed by atoms with Gasteiger partial charge < -0.3 is 4.74 Å². The summed E-state index contributed by atoms with van der Waals surface area (Å²) in [4.78, 5) is 32.1. The Morgan fingerprint density at radius 2 is 1.81 bits per heavy atom. The summed E-state index contributed by atoms with van der Waals surface area (Å²) in [6, 6.07) is 12.8. The van der Waals surface area contributed by atoms with Gasteiger partial charge in [0, 0.05) is 11.4 Å². The summed E-state index contributed by atoms with van der Waals surface area (Å²) in [6.07, 6.45) is 1.66. The number of hydrogen-bond acceptors (Lipinski definition) is 5. The largest absolute Gasteiger partial charge is 0.494 e. The molecule has 0 spiro atoms. The summed E-state index contributed by atoms with van der Waals surface area (Å²) in [5.41, 5.74) is 1.86. The van der Waals surface area contributed by atoms with Gasteiger partial charge in [-0.05, 0) is 36.8 Å². The molecule has 0 N–H and O–H groups in total. The lowest BCUT2D eigenvalue weighted by Crippen LogP contribution is -2.31. The molecule has 0 unspecified atom stereocenters. The fourth-order valence-corrected chi connectivity index (χ4v) is 3.84. The van der Waals surface area contributed by atoms with Gasteiger partial charge in [0.05, 0.1) is 29.3 Å². The highest BCUT2D eigenvalue weighted by Crippen LogP contribution is 2.38. The van der Waals surface area contributed by atoms with Crippen molar-refractivity contribution < 1.29 is 14.3 Å². The zero-order valence-electron chi connectivity index (χ0n) is 15.6. The molecule has 140 valence electrons. The third kappa shape index (κ3) is 4.22. The first-order valence-electron chi connectivity index (χ1n) is 8.91. The van der Waals surface area contributed by atoms with Crippen molar-refractivity contribution >= 4 is 29.1 Å². The Balaban J connectivity index is 1.95. The molecule has 1 aliphatic rings. The number of thioether (sulfide) groups is 1. The first kappa shape index (κ1) is 19.2. The third-order valence-corrected chi connectivity index (χ3v) is 5.07. The van der Waals surface area contributed by atoms with Crippen LogP contribution in [-0.2, 0) is 16.1 Å². The molecule has 0 bridgehead atoms. The van der Waals surface area contributed by atoms with Crippen molar-refractivity contribution in [3.8, 4) is 5.75 Å². The number of ether oxygens (including phenoxy) is 1. The van der Waals surface area contributed by atoms with E-state index in [-0.39, 0.29) is 23.6 Å². The van der Waals surface area contributed by atoms with Crippen LogP contribution in [0.3, 0.4) is 0 Å². The summed E-state index contributed by atoms with van der Waals surface area (Å²) in [5.74, 6) is 0.202. The van der Waals surface area contributed by atoms with Gasteiger partial charge in [-0.1, -0.05) is 32.0 Å². The molecule has 3 rings (SSSR count). The maximum Gasteiger partial charge on any atom is 0.268 e. The van der Waals surface area contributed by atoms with Crippen LogP contribution in [0.1, 0.15) is 32.0 Å². The average Bonchev–Trinajstić information content (AvgIpc) is 2.88. The van der Waals surface area contributed by atoms with E-state index in [0.29, 0.717) is 22.8 Å². The second kappa shape index (κ2) is 8.39. The number of imide groups is 1. The van der Waals surface area contributed by atoms with Crippen LogP contribution >= 0.6 is 11.8 Å². The first-order valence-corrected chi connectivity index (χ1v) is 9.79. The predicted molar refractivity (Wildman–Crippen MR) is 107 cm³/mol.